The highest BCUT2D eigenvalue weighted by Gasteiger charge is 2.39. The zero-order valence-corrected chi connectivity index (χ0v) is 24.9. The molecule has 0 saturated carbocycles. The topological polar surface area (TPSA) is 159 Å². The number of aliphatic hydroxyl groups excluding tert-OH is 1. The quantitative estimate of drug-likeness (QED) is 0.215. The van der Waals surface area contributed by atoms with Crippen LogP contribution < -0.4 is 10.2 Å². The number of hydrogen-bond acceptors (Lipinski definition) is 8. The second-order valence-corrected chi connectivity index (χ2v) is 12.7. The van der Waals surface area contributed by atoms with Gasteiger partial charge in [-0.25, -0.2) is 17.6 Å². The number of amides is 2. The van der Waals surface area contributed by atoms with E-state index in [9.17, 15) is 37.6 Å². The SMILES string of the molecule is CC(C)CN(C[C@@H](O)[C@H](Cc1ccccc1)NC(=O)[C@@H]1CN(c2cccc(F)c2)C(=O)O1)S(=O)(=O)c1ccc([N+](=O)[O-])cc1. The normalized spacial score (nSPS) is 16.5. The van der Waals surface area contributed by atoms with Crippen LogP contribution in [0.4, 0.5) is 20.6 Å². The van der Waals surface area contributed by atoms with Gasteiger partial charge < -0.3 is 15.2 Å². The van der Waals surface area contributed by atoms with Gasteiger partial charge in [0.2, 0.25) is 10.0 Å². The lowest BCUT2D eigenvalue weighted by atomic mass is 10.0. The Hall–Kier alpha value is -4.40. The minimum absolute atomic E-state index is 0.0191. The number of benzene rings is 3. The Bertz CT molecular complexity index is 1590. The van der Waals surface area contributed by atoms with E-state index in [4.69, 9.17) is 4.74 Å². The van der Waals surface area contributed by atoms with Gasteiger partial charge in [-0.05, 0) is 48.2 Å². The molecule has 3 atom stereocenters. The lowest BCUT2D eigenvalue weighted by Gasteiger charge is -2.31. The molecule has 44 heavy (non-hydrogen) atoms. The van der Waals surface area contributed by atoms with Crippen molar-refractivity contribution in [2.24, 2.45) is 5.92 Å². The summed E-state index contributed by atoms with van der Waals surface area (Å²) < 4.78 is 47.3. The van der Waals surface area contributed by atoms with Crippen molar-refractivity contribution in [1.82, 2.24) is 9.62 Å². The third-order valence-corrected chi connectivity index (χ3v) is 8.81. The standard InChI is InChI=1S/C30H33FN4O8S/c1-20(2)17-33(44(41,42)25-13-11-23(12-14-25)35(39)40)18-27(36)26(15-21-7-4-3-5-8-21)32-29(37)28-19-34(30(38)43-28)24-10-6-9-22(31)16-24/h3-14,16,20,26-28,36H,15,17-19H2,1-2H3,(H,32,37)/t26-,27+,28-/m0/s1. The molecule has 2 N–H and O–H groups in total. The van der Waals surface area contributed by atoms with Gasteiger partial charge in [0, 0.05) is 25.2 Å². The van der Waals surface area contributed by atoms with Gasteiger partial charge >= 0.3 is 6.09 Å². The van der Waals surface area contributed by atoms with Crippen LogP contribution in [0.3, 0.4) is 0 Å². The molecule has 0 radical (unpaired) electrons. The number of carbonyl (C=O) groups excluding carboxylic acids is 2. The summed E-state index contributed by atoms with van der Waals surface area (Å²) in [7, 11) is -4.20. The lowest BCUT2D eigenvalue weighted by molar-refractivity contribution is -0.384. The number of cyclic esters (lactones) is 1. The van der Waals surface area contributed by atoms with Gasteiger partial charge in [-0.2, -0.15) is 4.31 Å². The van der Waals surface area contributed by atoms with Crippen LogP contribution in [0.1, 0.15) is 19.4 Å². The number of nitro groups is 1. The molecule has 1 aliphatic heterocycles. The molecule has 0 aromatic heterocycles. The Morgan fingerprint density at radius 3 is 2.41 bits per heavy atom. The van der Waals surface area contributed by atoms with Crippen LogP contribution >= 0.6 is 0 Å². The van der Waals surface area contributed by atoms with Crippen molar-refractivity contribution in [3.8, 4) is 0 Å². The van der Waals surface area contributed by atoms with Gasteiger partial charge in [-0.15, -0.1) is 0 Å². The fourth-order valence-electron chi connectivity index (χ4n) is 4.78. The van der Waals surface area contributed by atoms with Crippen molar-refractivity contribution in [3.05, 3.63) is 100 Å². The number of ether oxygens (including phenoxy) is 1. The maximum absolute atomic E-state index is 13.7. The number of aliphatic hydroxyl groups is 1. The summed E-state index contributed by atoms with van der Waals surface area (Å²) in [5, 5.41) is 25.2. The van der Waals surface area contributed by atoms with Crippen molar-refractivity contribution in [2.45, 2.75) is 43.4 Å². The summed E-state index contributed by atoms with van der Waals surface area (Å²) in [6.45, 7) is 3.01. The first-order chi connectivity index (χ1) is 20.8. The van der Waals surface area contributed by atoms with Crippen molar-refractivity contribution in [2.75, 3.05) is 24.5 Å². The maximum Gasteiger partial charge on any atom is 0.415 e. The van der Waals surface area contributed by atoms with Crippen molar-refractivity contribution in [3.63, 3.8) is 0 Å². The first-order valence-electron chi connectivity index (χ1n) is 13.9. The largest absolute Gasteiger partial charge is 0.434 e. The van der Waals surface area contributed by atoms with Crippen LogP contribution in [0, 0.1) is 21.8 Å². The number of non-ortho nitro benzene ring substituents is 1. The number of nitrogens with zero attached hydrogens (tertiary/aromatic N) is 3. The van der Waals surface area contributed by atoms with E-state index < -0.39 is 57.6 Å². The number of rotatable bonds is 13. The Kier molecular flexibility index (Phi) is 10.3. The molecule has 2 amide bonds. The van der Waals surface area contributed by atoms with Crippen LogP contribution in [-0.4, -0.2) is 72.6 Å². The third kappa shape index (κ3) is 7.95. The summed E-state index contributed by atoms with van der Waals surface area (Å²) >= 11 is 0. The van der Waals surface area contributed by atoms with Crippen molar-refractivity contribution >= 4 is 33.4 Å². The summed E-state index contributed by atoms with van der Waals surface area (Å²) in [5.41, 5.74) is 0.691. The zero-order valence-electron chi connectivity index (χ0n) is 24.1. The van der Waals surface area contributed by atoms with E-state index in [2.05, 4.69) is 5.32 Å². The molecule has 1 saturated heterocycles. The Labute approximate surface area is 254 Å². The van der Waals surface area contributed by atoms with Crippen molar-refractivity contribution in [1.29, 1.82) is 0 Å². The Morgan fingerprint density at radius 1 is 1.11 bits per heavy atom. The highest BCUT2D eigenvalue weighted by atomic mass is 32.2. The molecule has 1 fully saturated rings. The second-order valence-electron chi connectivity index (χ2n) is 10.8. The van der Waals surface area contributed by atoms with E-state index >= 15 is 0 Å². The molecule has 0 bridgehead atoms. The average Bonchev–Trinajstić information content (AvgIpc) is 3.38. The zero-order chi connectivity index (χ0) is 32.0. The second kappa shape index (κ2) is 13.9. The highest BCUT2D eigenvalue weighted by Crippen LogP contribution is 2.24. The first kappa shape index (κ1) is 32.5. The number of nitro benzene ring substituents is 1. The summed E-state index contributed by atoms with van der Waals surface area (Å²) in [5.74, 6) is -1.43. The molecule has 0 spiro atoms. The molecular weight excluding hydrogens is 595 g/mol. The molecule has 3 aromatic carbocycles. The number of anilines is 1. The van der Waals surface area contributed by atoms with Crippen LogP contribution in [0.5, 0.6) is 0 Å². The van der Waals surface area contributed by atoms with E-state index in [0.29, 0.717) is 0 Å². The molecular formula is C30H33FN4O8S. The summed E-state index contributed by atoms with van der Waals surface area (Å²) in [6, 6.07) is 17.6. The minimum atomic E-state index is -4.20. The van der Waals surface area contributed by atoms with Gasteiger partial charge in [-0.3, -0.25) is 19.8 Å². The molecule has 0 unspecified atom stereocenters. The molecule has 3 aromatic rings. The van der Waals surface area contributed by atoms with Gasteiger partial charge in [0.15, 0.2) is 6.10 Å². The number of carbonyl (C=O) groups is 2. The molecule has 4 rings (SSSR count). The predicted octanol–water partition coefficient (Wildman–Crippen LogP) is 3.49. The molecule has 1 heterocycles. The van der Waals surface area contributed by atoms with E-state index in [0.717, 1.165) is 45.1 Å². The van der Waals surface area contributed by atoms with E-state index in [1.54, 1.807) is 44.2 Å². The fourth-order valence-corrected chi connectivity index (χ4v) is 6.41. The van der Waals surface area contributed by atoms with Crippen LogP contribution in [0.25, 0.3) is 0 Å². The van der Waals surface area contributed by atoms with E-state index in [1.807, 2.05) is 0 Å². The van der Waals surface area contributed by atoms with Crippen molar-refractivity contribution < 1.29 is 37.2 Å². The van der Waals surface area contributed by atoms with Gasteiger partial charge in [0.1, 0.15) is 5.82 Å². The van der Waals surface area contributed by atoms with Gasteiger partial charge in [-0.1, -0.05) is 50.2 Å². The van der Waals surface area contributed by atoms with Crippen LogP contribution in [0.15, 0.2) is 83.8 Å². The maximum atomic E-state index is 13.7. The number of sulfonamides is 1. The highest BCUT2D eigenvalue weighted by molar-refractivity contribution is 7.89. The van der Waals surface area contributed by atoms with Crippen LogP contribution in [0.2, 0.25) is 0 Å². The number of halogens is 1. The molecule has 1 aliphatic rings. The predicted molar refractivity (Wildman–Crippen MR) is 159 cm³/mol. The Morgan fingerprint density at radius 2 is 1.80 bits per heavy atom. The third-order valence-electron chi connectivity index (χ3n) is 6.96. The molecule has 12 nitrogen and oxygen atoms in total. The fraction of sp³-hybridized carbons (Fsp3) is 0.333. The molecule has 234 valence electrons. The minimum Gasteiger partial charge on any atom is -0.434 e. The van der Waals surface area contributed by atoms with Gasteiger partial charge in [0.05, 0.1) is 34.2 Å². The Balaban J connectivity index is 1.55. The lowest BCUT2D eigenvalue weighted by Crippen LogP contribution is -2.53. The summed E-state index contributed by atoms with van der Waals surface area (Å²) in [4.78, 5) is 37.2. The first-order valence-corrected chi connectivity index (χ1v) is 15.3. The molecule has 0 aliphatic carbocycles. The van der Waals surface area contributed by atoms with E-state index in [1.165, 1.54) is 18.2 Å². The van der Waals surface area contributed by atoms with E-state index in [-0.39, 0.29) is 41.7 Å². The molecule has 14 heteroatoms. The van der Waals surface area contributed by atoms with Gasteiger partial charge in [0.25, 0.3) is 11.6 Å². The average molecular weight is 629 g/mol. The summed E-state index contributed by atoms with van der Waals surface area (Å²) in [6.07, 6.45) is -3.41. The smallest absolute Gasteiger partial charge is 0.415 e. The number of nitrogens with one attached hydrogen (secondary N) is 1. The number of hydrogen-bond donors (Lipinski definition) is 2. The van der Waals surface area contributed by atoms with Crippen LogP contribution in [-0.2, 0) is 26.0 Å². The monoisotopic (exact) mass is 628 g/mol.